The van der Waals surface area contributed by atoms with Crippen molar-refractivity contribution < 1.29 is 18.0 Å². The van der Waals surface area contributed by atoms with Gasteiger partial charge in [0.1, 0.15) is 5.82 Å². The van der Waals surface area contributed by atoms with Gasteiger partial charge in [-0.15, -0.1) is 10.2 Å². The molecule has 0 saturated carbocycles. The van der Waals surface area contributed by atoms with E-state index < -0.39 is 11.7 Å². The molecule has 0 saturated heterocycles. The molecule has 0 unspecified atom stereocenters. The summed E-state index contributed by atoms with van der Waals surface area (Å²) in [5.41, 5.74) is -0.836. The van der Waals surface area contributed by atoms with Crippen LogP contribution in [0.1, 0.15) is 25.5 Å². The maximum Gasteiger partial charge on any atom is 0.417 e. The summed E-state index contributed by atoms with van der Waals surface area (Å²) in [5.74, 6) is 0.110. The average Bonchev–Trinajstić information content (AvgIpc) is 3.19. The van der Waals surface area contributed by atoms with Crippen LogP contribution in [-0.4, -0.2) is 36.0 Å². The lowest BCUT2D eigenvalue weighted by Gasteiger charge is -2.11. The molecule has 7 nitrogen and oxygen atoms in total. The van der Waals surface area contributed by atoms with Gasteiger partial charge in [0.2, 0.25) is 5.91 Å². The minimum absolute atomic E-state index is 0.0614. The summed E-state index contributed by atoms with van der Waals surface area (Å²) in [5, 5.41) is 14.4. The van der Waals surface area contributed by atoms with E-state index in [1.807, 2.05) is 13.8 Å². The van der Waals surface area contributed by atoms with Gasteiger partial charge in [0.15, 0.2) is 10.8 Å². The van der Waals surface area contributed by atoms with E-state index in [0.717, 1.165) is 28.4 Å². The van der Waals surface area contributed by atoms with Crippen LogP contribution in [0.5, 0.6) is 0 Å². The lowest BCUT2D eigenvalue weighted by Crippen LogP contribution is -2.18. The SMILES string of the molecule is CC(C)n1nccc1NC(=O)CSc1nnc2c(Cl)cc(C(F)(F)F)cn12. The number of carbonyl (C=O) groups is 1. The normalized spacial score (nSPS) is 12.1. The monoisotopic (exact) mass is 418 g/mol. The van der Waals surface area contributed by atoms with Crippen LogP contribution in [0.3, 0.4) is 0 Å². The molecule has 3 aromatic heterocycles. The lowest BCUT2D eigenvalue weighted by molar-refractivity contribution is -0.137. The molecule has 0 aliphatic carbocycles. The van der Waals surface area contributed by atoms with Crippen LogP contribution in [0.25, 0.3) is 5.65 Å². The Morgan fingerprint density at radius 3 is 2.78 bits per heavy atom. The Balaban J connectivity index is 1.76. The van der Waals surface area contributed by atoms with Gasteiger partial charge in [-0.3, -0.25) is 9.20 Å². The average molecular weight is 419 g/mol. The van der Waals surface area contributed by atoms with Crippen LogP contribution in [0, 0.1) is 0 Å². The molecule has 0 radical (unpaired) electrons. The zero-order valence-corrected chi connectivity index (χ0v) is 15.7. The number of rotatable bonds is 5. The van der Waals surface area contributed by atoms with Crippen molar-refractivity contribution in [2.75, 3.05) is 11.1 Å². The number of nitrogens with one attached hydrogen (secondary N) is 1. The smallest absolute Gasteiger partial charge is 0.310 e. The first-order chi connectivity index (χ1) is 12.7. The second-order valence-corrected chi connectivity index (χ2v) is 7.19. The molecular weight excluding hydrogens is 405 g/mol. The molecule has 1 N–H and O–H groups in total. The number of halogens is 4. The molecule has 144 valence electrons. The minimum Gasteiger partial charge on any atom is -0.310 e. The van der Waals surface area contributed by atoms with Crippen LogP contribution in [0.2, 0.25) is 5.02 Å². The highest BCUT2D eigenvalue weighted by Gasteiger charge is 2.32. The van der Waals surface area contributed by atoms with Gasteiger partial charge < -0.3 is 5.32 Å². The predicted octanol–water partition coefficient (Wildman–Crippen LogP) is 3.91. The number of hydrogen-bond acceptors (Lipinski definition) is 5. The number of alkyl halides is 3. The number of amides is 1. The second kappa shape index (κ2) is 7.39. The lowest BCUT2D eigenvalue weighted by atomic mass is 10.3. The maximum absolute atomic E-state index is 13.0. The quantitative estimate of drug-likeness (QED) is 0.636. The zero-order valence-electron chi connectivity index (χ0n) is 14.2. The van der Waals surface area contributed by atoms with Gasteiger partial charge in [0.25, 0.3) is 0 Å². The fourth-order valence-electron chi connectivity index (χ4n) is 2.32. The van der Waals surface area contributed by atoms with Crippen molar-refractivity contribution in [2.24, 2.45) is 0 Å². The van der Waals surface area contributed by atoms with Crippen molar-refractivity contribution in [3.05, 3.63) is 35.1 Å². The predicted molar refractivity (Wildman–Crippen MR) is 95.0 cm³/mol. The molecule has 3 rings (SSSR count). The van der Waals surface area contributed by atoms with Crippen molar-refractivity contribution in [1.82, 2.24) is 24.4 Å². The molecule has 0 fully saturated rings. The van der Waals surface area contributed by atoms with Crippen molar-refractivity contribution >= 4 is 40.7 Å². The highest BCUT2D eigenvalue weighted by atomic mass is 35.5. The molecule has 0 bridgehead atoms. The number of hydrogen-bond donors (Lipinski definition) is 1. The number of fused-ring (bicyclic) bond motifs is 1. The molecule has 0 spiro atoms. The Morgan fingerprint density at radius 1 is 1.37 bits per heavy atom. The summed E-state index contributed by atoms with van der Waals surface area (Å²) < 4.78 is 41.7. The Morgan fingerprint density at radius 2 is 2.11 bits per heavy atom. The van der Waals surface area contributed by atoms with Crippen LogP contribution in [0.4, 0.5) is 19.0 Å². The summed E-state index contributed by atoms with van der Waals surface area (Å²) in [6.07, 6.45) is -2.14. The summed E-state index contributed by atoms with van der Waals surface area (Å²) in [6.45, 7) is 3.84. The highest BCUT2D eigenvalue weighted by molar-refractivity contribution is 7.99. The Bertz CT molecular complexity index is 984. The van der Waals surface area contributed by atoms with E-state index in [4.69, 9.17) is 11.6 Å². The summed E-state index contributed by atoms with van der Waals surface area (Å²) >= 11 is 6.82. The minimum atomic E-state index is -4.56. The third-order valence-electron chi connectivity index (χ3n) is 3.52. The van der Waals surface area contributed by atoms with Gasteiger partial charge >= 0.3 is 6.18 Å². The molecule has 0 aliphatic heterocycles. The van der Waals surface area contributed by atoms with Gasteiger partial charge in [-0.2, -0.15) is 18.3 Å². The number of aromatic nitrogens is 5. The van der Waals surface area contributed by atoms with Crippen molar-refractivity contribution in [3.8, 4) is 0 Å². The molecule has 27 heavy (non-hydrogen) atoms. The Kier molecular flexibility index (Phi) is 5.33. The van der Waals surface area contributed by atoms with Crippen LogP contribution >= 0.6 is 23.4 Å². The molecule has 12 heteroatoms. The molecule has 0 aromatic carbocycles. The maximum atomic E-state index is 13.0. The first-order valence-electron chi connectivity index (χ1n) is 7.74. The second-order valence-electron chi connectivity index (χ2n) is 5.84. The van der Waals surface area contributed by atoms with Gasteiger partial charge in [-0.25, -0.2) is 4.68 Å². The molecule has 0 aliphatic rings. The van der Waals surface area contributed by atoms with Crippen LogP contribution in [0.15, 0.2) is 29.7 Å². The van der Waals surface area contributed by atoms with Crippen molar-refractivity contribution in [3.63, 3.8) is 0 Å². The molecule has 3 heterocycles. The van der Waals surface area contributed by atoms with E-state index in [9.17, 15) is 18.0 Å². The van der Waals surface area contributed by atoms with E-state index in [2.05, 4.69) is 20.6 Å². The van der Waals surface area contributed by atoms with Gasteiger partial charge in [0.05, 0.1) is 22.5 Å². The van der Waals surface area contributed by atoms with Crippen LogP contribution in [-0.2, 0) is 11.0 Å². The van der Waals surface area contributed by atoms with E-state index in [1.54, 1.807) is 16.9 Å². The fourth-order valence-corrected chi connectivity index (χ4v) is 3.28. The Hall–Kier alpha value is -2.27. The number of nitrogens with zero attached hydrogens (tertiary/aromatic N) is 5. The van der Waals surface area contributed by atoms with Gasteiger partial charge in [-0.1, -0.05) is 23.4 Å². The van der Waals surface area contributed by atoms with Gasteiger partial charge in [0, 0.05) is 18.3 Å². The van der Waals surface area contributed by atoms with E-state index in [0.29, 0.717) is 5.82 Å². The summed E-state index contributed by atoms with van der Waals surface area (Å²) in [4.78, 5) is 12.2. The molecule has 1 amide bonds. The van der Waals surface area contributed by atoms with Gasteiger partial charge in [-0.05, 0) is 19.9 Å². The first kappa shape index (κ1) is 19.5. The number of pyridine rings is 1. The van der Waals surface area contributed by atoms with E-state index >= 15 is 0 Å². The van der Waals surface area contributed by atoms with E-state index in [-0.39, 0.29) is 33.5 Å². The molecule has 3 aromatic rings. The zero-order chi connectivity index (χ0) is 19.8. The summed E-state index contributed by atoms with van der Waals surface area (Å²) in [7, 11) is 0. The third-order valence-corrected chi connectivity index (χ3v) is 4.74. The van der Waals surface area contributed by atoms with E-state index in [1.165, 1.54) is 0 Å². The largest absolute Gasteiger partial charge is 0.417 e. The number of anilines is 1. The Labute approximate surface area is 160 Å². The number of carbonyl (C=O) groups excluding carboxylic acids is 1. The van der Waals surface area contributed by atoms with Crippen molar-refractivity contribution in [1.29, 1.82) is 0 Å². The number of thioether (sulfide) groups is 1. The molecule has 0 atom stereocenters. The molecular formula is C15H14ClF3N6OS. The highest BCUT2D eigenvalue weighted by Crippen LogP contribution is 2.33. The standard InChI is InChI=1S/C15H14ClF3N6OS/c1-8(2)25-11(3-4-20-25)21-12(26)7-27-14-23-22-13-10(16)5-9(6-24(13)14)15(17,18)19/h3-6,8H,7H2,1-2H3,(H,21,26). The van der Waals surface area contributed by atoms with Crippen LogP contribution < -0.4 is 5.32 Å². The van der Waals surface area contributed by atoms with Crippen molar-refractivity contribution in [2.45, 2.75) is 31.2 Å². The topological polar surface area (TPSA) is 77.1 Å². The third kappa shape index (κ3) is 4.19. The fraction of sp³-hybridized carbons (Fsp3) is 0.333. The summed E-state index contributed by atoms with van der Waals surface area (Å²) in [6, 6.07) is 2.51. The first-order valence-corrected chi connectivity index (χ1v) is 9.11.